The third-order valence-corrected chi connectivity index (χ3v) is 10.6. The summed E-state index contributed by atoms with van der Waals surface area (Å²) in [6.45, 7) is 22.7. The van der Waals surface area contributed by atoms with Crippen molar-refractivity contribution in [3.8, 4) is 0 Å². The average Bonchev–Trinajstić information content (AvgIpc) is 3.71. The van der Waals surface area contributed by atoms with E-state index in [1.807, 2.05) is 0 Å². The number of imidazole rings is 1. The van der Waals surface area contributed by atoms with E-state index in [9.17, 15) is 0 Å². The lowest BCUT2D eigenvalue weighted by Crippen LogP contribution is -2.40. The van der Waals surface area contributed by atoms with E-state index in [-0.39, 0.29) is 0 Å². The fourth-order valence-corrected chi connectivity index (χ4v) is 7.46. The minimum absolute atomic E-state index is 0.536. The number of nitrogen functional groups attached to an aromatic ring is 1. The number of benzene rings is 1. The lowest BCUT2D eigenvalue weighted by atomic mass is 10.1. The maximum Gasteiger partial charge on any atom is 0.152 e. The summed E-state index contributed by atoms with van der Waals surface area (Å²) in [6, 6.07) is 11.5. The van der Waals surface area contributed by atoms with Gasteiger partial charge in [0.2, 0.25) is 0 Å². The molecule has 2 N–H and O–H groups in total. The van der Waals surface area contributed by atoms with Crippen LogP contribution in [0.2, 0.25) is 0 Å². The minimum atomic E-state index is 0.536. The number of thiophene rings is 1. The molecule has 0 aliphatic carbocycles. The SMILES string of the molecule is CCCCc1nc2c(N)nc3ccsc3c2n1Cc1ccc(CN(CCN(CCCC)CCCC)CCN(CCCC)CCCC)cc1. The molecule has 0 amide bonds. The van der Waals surface area contributed by atoms with Gasteiger partial charge in [0, 0.05) is 45.7 Å². The van der Waals surface area contributed by atoms with Gasteiger partial charge in [0.25, 0.3) is 0 Å². The van der Waals surface area contributed by atoms with Gasteiger partial charge in [-0.05, 0) is 80.9 Å². The molecule has 0 atom stereocenters. The van der Waals surface area contributed by atoms with Crippen LogP contribution >= 0.6 is 11.3 Å². The van der Waals surface area contributed by atoms with Gasteiger partial charge in [-0.25, -0.2) is 9.97 Å². The van der Waals surface area contributed by atoms with Crippen LogP contribution in [-0.4, -0.2) is 81.6 Å². The molecular weight excluding hydrogens is 611 g/mol. The molecule has 0 unspecified atom stereocenters. The summed E-state index contributed by atoms with van der Waals surface area (Å²) in [5.41, 5.74) is 12.1. The summed E-state index contributed by atoms with van der Waals surface area (Å²) >= 11 is 1.74. The van der Waals surface area contributed by atoms with E-state index in [1.165, 1.54) is 93.4 Å². The van der Waals surface area contributed by atoms with Gasteiger partial charge in [0.05, 0.1) is 15.7 Å². The molecule has 0 saturated heterocycles. The molecule has 4 rings (SSSR count). The number of anilines is 1. The zero-order valence-corrected chi connectivity index (χ0v) is 31.8. The molecule has 0 aliphatic heterocycles. The Labute approximate surface area is 295 Å². The molecule has 0 saturated carbocycles. The predicted octanol–water partition coefficient (Wildman–Crippen LogP) is 9.23. The summed E-state index contributed by atoms with van der Waals surface area (Å²) in [5.74, 6) is 1.65. The van der Waals surface area contributed by atoms with Crippen molar-refractivity contribution < 1.29 is 0 Å². The van der Waals surface area contributed by atoms with Gasteiger partial charge in [0.1, 0.15) is 11.3 Å². The number of aromatic nitrogens is 3. The summed E-state index contributed by atoms with van der Waals surface area (Å²) in [6.07, 6.45) is 13.4. The number of nitrogens with zero attached hydrogens (tertiary/aromatic N) is 6. The van der Waals surface area contributed by atoms with Gasteiger partial charge in [-0.15, -0.1) is 11.3 Å². The standard InChI is InChI=1S/C40H65N7S/c1-6-11-16-36-43-37-38(39-35(21-30-48-39)42-40(37)41)47(36)32-34-19-17-33(18-20-34)31-46(28-26-44(22-12-7-2)23-13-8-3)29-27-45(24-14-9-4)25-15-10-5/h17-21,30H,6-16,22-29,31-32H2,1-5H3,(H2,41,42). The summed E-state index contributed by atoms with van der Waals surface area (Å²) in [4.78, 5) is 17.9. The molecule has 48 heavy (non-hydrogen) atoms. The van der Waals surface area contributed by atoms with Crippen molar-refractivity contribution in [3.63, 3.8) is 0 Å². The Morgan fingerprint density at radius 3 is 1.69 bits per heavy atom. The largest absolute Gasteiger partial charge is 0.382 e. The average molecular weight is 676 g/mol. The van der Waals surface area contributed by atoms with Crippen molar-refractivity contribution in [2.45, 2.75) is 118 Å². The Morgan fingerprint density at radius 2 is 1.15 bits per heavy atom. The second-order valence-corrected chi connectivity index (χ2v) is 14.7. The van der Waals surface area contributed by atoms with Crippen LogP contribution < -0.4 is 5.73 Å². The summed E-state index contributed by atoms with van der Waals surface area (Å²) in [7, 11) is 0. The second kappa shape index (κ2) is 20.9. The summed E-state index contributed by atoms with van der Waals surface area (Å²) < 4.78 is 3.59. The van der Waals surface area contributed by atoms with E-state index in [0.717, 1.165) is 80.9 Å². The van der Waals surface area contributed by atoms with Crippen LogP contribution in [0.25, 0.3) is 21.3 Å². The number of rotatable bonds is 25. The molecule has 1 aromatic carbocycles. The van der Waals surface area contributed by atoms with Crippen molar-refractivity contribution in [3.05, 3.63) is 52.7 Å². The maximum absolute atomic E-state index is 6.44. The van der Waals surface area contributed by atoms with Gasteiger partial charge in [-0.3, -0.25) is 4.90 Å². The number of fused-ring (bicyclic) bond motifs is 3. The highest BCUT2D eigenvalue weighted by atomic mass is 32.1. The lowest BCUT2D eigenvalue weighted by molar-refractivity contribution is 0.166. The van der Waals surface area contributed by atoms with E-state index in [0.29, 0.717) is 5.82 Å². The first-order valence-corrected chi connectivity index (χ1v) is 20.2. The highest BCUT2D eigenvalue weighted by Crippen LogP contribution is 2.33. The first-order chi connectivity index (χ1) is 23.5. The molecule has 4 aromatic rings. The normalized spacial score (nSPS) is 12.2. The Morgan fingerprint density at radius 1 is 0.625 bits per heavy atom. The number of pyridine rings is 1. The van der Waals surface area contributed by atoms with E-state index in [1.54, 1.807) is 11.3 Å². The van der Waals surface area contributed by atoms with E-state index in [4.69, 9.17) is 10.7 Å². The van der Waals surface area contributed by atoms with Crippen molar-refractivity contribution in [1.82, 2.24) is 29.2 Å². The van der Waals surface area contributed by atoms with Gasteiger partial charge < -0.3 is 20.1 Å². The number of unbranched alkanes of at least 4 members (excludes halogenated alkanes) is 5. The molecule has 0 radical (unpaired) electrons. The zero-order valence-electron chi connectivity index (χ0n) is 31.0. The second-order valence-electron chi connectivity index (χ2n) is 13.7. The third kappa shape index (κ3) is 11.3. The Kier molecular flexibility index (Phi) is 16.6. The Hall–Kier alpha value is -2.52. The number of aryl methyl sites for hydroxylation is 1. The highest BCUT2D eigenvalue weighted by Gasteiger charge is 2.19. The van der Waals surface area contributed by atoms with Crippen molar-refractivity contribution >= 4 is 38.4 Å². The van der Waals surface area contributed by atoms with Crippen LogP contribution in [0.3, 0.4) is 0 Å². The van der Waals surface area contributed by atoms with Crippen molar-refractivity contribution in [2.24, 2.45) is 0 Å². The van der Waals surface area contributed by atoms with Gasteiger partial charge in [-0.1, -0.05) is 91.0 Å². The first kappa shape index (κ1) is 38.3. The van der Waals surface area contributed by atoms with Crippen LogP contribution in [-0.2, 0) is 19.5 Å². The Bertz CT molecular complexity index is 1420. The monoisotopic (exact) mass is 676 g/mol. The highest BCUT2D eigenvalue weighted by molar-refractivity contribution is 7.18. The number of hydrogen-bond acceptors (Lipinski definition) is 7. The molecule has 0 spiro atoms. The van der Waals surface area contributed by atoms with E-state index >= 15 is 0 Å². The van der Waals surface area contributed by atoms with Crippen LogP contribution in [0.1, 0.15) is 116 Å². The van der Waals surface area contributed by atoms with Crippen molar-refractivity contribution in [2.75, 3.05) is 58.1 Å². The molecule has 0 aliphatic rings. The molecule has 0 bridgehead atoms. The maximum atomic E-state index is 6.44. The van der Waals surface area contributed by atoms with Gasteiger partial charge in [0.15, 0.2) is 5.82 Å². The molecule has 0 fully saturated rings. The Balaban J connectivity index is 1.51. The molecule has 266 valence electrons. The quantitative estimate of drug-likeness (QED) is 0.0756. The molecule has 3 aromatic heterocycles. The number of nitrogens with two attached hydrogens (primary N) is 1. The van der Waals surface area contributed by atoms with Gasteiger partial charge in [-0.2, -0.15) is 0 Å². The zero-order chi connectivity index (χ0) is 34.1. The van der Waals surface area contributed by atoms with Crippen LogP contribution in [0, 0.1) is 0 Å². The van der Waals surface area contributed by atoms with Crippen LogP contribution in [0.5, 0.6) is 0 Å². The fraction of sp³-hybridized carbons (Fsp3) is 0.650. The lowest BCUT2D eigenvalue weighted by Gasteiger charge is -2.30. The van der Waals surface area contributed by atoms with E-state index < -0.39 is 0 Å². The van der Waals surface area contributed by atoms with E-state index in [2.05, 4.69) is 94.6 Å². The van der Waals surface area contributed by atoms with Crippen LogP contribution in [0.15, 0.2) is 35.7 Å². The molecule has 3 heterocycles. The fourth-order valence-electron chi connectivity index (χ4n) is 6.58. The first-order valence-electron chi connectivity index (χ1n) is 19.3. The third-order valence-electron chi connectivity index (χ3n) is 9.69. The smallest absolute Gasteiger partial charge is 0.152 e. The summed E-state index contributed by atoms with van der Waals surface area (Å²) in [5, 5.41) is 2.11. The molecule has 8 heteroatoms. The van der Waals surface area contributed by atoms with Gasteiger partial charge >= 0.3 is 0 Å². The topological polar surface area (TPSA) is 66.5 Å². The molecule has 7 nitrogen and oxygen atoms in total. The molecular formula is C40H65N7S. The number of hydrogen-bond donors (Lipinski definition) is 1. The predicted molar refractivity (Wildman–Crippen MR) is 209 cm³/mol. The van der Waals surface area contributed by atoms with Crippen LogP contribution in [0.4, 0.5) is 5.82 Å². The minimum Gasteiger partial charge on any atom is -0.382 e. The van der Waals surface area contributed by atoms with Crippen molar-refractivity contribution in [1.29, 1.82) is 0 Å².